The minimum Gasteiger partial charge on any atom is -0.326 e. The van der Waals surface area contributed by atoms with Crippen molar-refractivity contribution in [3.63, 3.8) is 0 Å². The molecule has 3 rings (SSSR count). The van der Waals surface area contributed by atoms with E-state index in [2.05, 4.69) is 40.7 Å². The fourth-order valence-electron chi connectivity index (χ4n) is 3.04. The molecule has 0 saturated carbocycles. The second-order valence-electron chi connectivity index (χ2n) is 6.73. The van der Waals surface area contributed by atoms with Crippen LogP contribution in [0.25, 0.3) is 0 Å². The van der Waals surface area contributed by atoms with Gasteiger partial charge >= 0.3 is 0 Å². The first-order valence-corrected chi connectivity index (χ1v) is 9.70. The Hall–Kier alpha value is -0.460. The Morgan fingerprint density at radius 1 is 1.32 bits per heavy atom. The summed E-state index contributed by atoms with van der Waals surface area (Å²) in [6.07, 6.45) is 0. The number of carbonyl (C=O) groups is 1. The molecule has 0 spiro atoms. The normalized spacial score (nSPS) is 19.1. The topological polar surface area (TPSA) is 44.4 Å². The Bertz CT molecular complexity index is 563. The highest BCUT2D eigenvalue weighted by molar-refractivity contribution is 7.99. The van der Waals surface area contributed by atoms with Crippen LogP contribution in [0.4, 0.5) is 5.69 Å². The molecule has 2 N–H and O–H groups in total. The fraction of sp³-hybridized carbons (Fsp3) is 0.611. The number of rotatable bonds is 5. The van der Waals surface area contributed by atoms with Crippen LogP contribution < -0.4 is 10.6 Å². The van der Waals surface area contributed by atoms with Crippen molar-refractivity contribution in [2.75, 3.05) is 43.0 Å². The Kier molecular flexibility index (Phi) is 9.60. The van der Waals surface area contributed by atoms with Crippen LogP contribution in [0.5, 0.6) is 0 Å². The number of hydrogen-bond donors (Lipinski definition) is 2. The molecule has 1 atom stereocenters. The summed E-state index contributed by atoms with van der Waals surface area (Å²) in [6.45, 7) is 9.31. The van der Waals surface area contributed by atoms with E-state index in [-0.39, 0.29) is 36.6 Å². The van der Waals surface area contributed by atoms with Crippen LogP contribution >= 0.6 is 36.6 Å². The first-order chi connectivity index (χ1) is 11.1. The number of carbonyl (C=O) groups excluding carboxylic acids is 1. The van der Waals surface area contributed by atoms with E-state index in [1.807, 2.05) is 18.7 Å². The maximum Gasteiger partial charge on any atom is 0.227 e. The van der Waals surface area contributed by atoms with Crippen molar-refractivity contribution in [2.45, 2.75) is 20.4 Å². The zero-order valence-corrected chi connectivity index (χ0v) is 17.4. The highest BCUT2D eigenvalue weighted by Crippen LogP contribution is 2.22. The maximum absolute atomic E-state index is 12.4. The molecule has 2 aliphatic rings. The summed E-state index contributed by atoms with van der Waals surface area (Å²) in [5, 5.41) is 6.39. The number of anilines is 1. The molecule has 1 aromatic rings. The van der Waals surface area contributed by atoms with Gasteiger partial charge in [-0.25, -0.2) is 0 Å². The first-order valence-electron chi connectivity index (χ1n) is 8.54. The van der Waals surface area contributed by atoms with E-state index in [0.29, 0.717) is 5.92 Å². The molecule has 1 amide bonds. The number of hydrogen-bond acceptors (Lipinski definition) is 4. The summed E-state index contributed by atoms with van der Waals surface area (Å²) in [5.41, 5.74) is 3.39. The largest absolute Gasteiger partial charge is 0.326 e. The van der Waals surface area contributed by atoms with Crippen LogP contribution in [0.3, 0.4) is 0 Å². The van der Waals surface area contributed by atoms with Gasteiger partial charge in [-0.05, 0) is 43.1 Å². The second-order valence-corrected chi connectivity index (χ2v) is 7.96. The van der Waals surface area contributed by atoms with Crippen molar-refractivity contribution < 1.29 is 4.79 Å². The number of benzene rings is 1. The predicted octanol–water partition coefficient (Wildman–Crippen LogP) is 3.18. The molecule has 142 valence electrons. The lowest BCUT2D eigenvalue weighted by atomic mass is 9.88. The minimum absolute atomic E-state index is 0. The monoisotopic (exact) mass is 405 g/mol. The van der Waals surface area contributed by atoms with Gasteiger partial charge < -0.3 is 10.6 Å². The van der Waals surface area contributed by atoms with Gasteiger partial charge in [-0.3, -0.25) is 9.69 Å². The summed E-state index contributed by atoms with van der Waals surface area (Å²) in [4.78, 5) is 14.9. The molecular formula is C18H29Cl2N3OS. The first kappa shape index (κ1) is 22.6. The minimum atomic E-state index is 0. The van der Waals surface area contributed by atoms with E-state index >= 15 is 0 Å². The highest BCUT2D eigenvalue weighted by Gasteiger charge is 2.28. The number of amides is 1. The van der Waals surface area contributed by atoms with Gasteiger partial charge in [-0.1, -0.05) is 19.1 Å². The molecule has 2 aliphatic heterocycles. The third-order valence-electron chi connectivity index (χ3n) is 5.00. The number of nitrogens with one attached hydrogen (secondary N) is 2. The highest BCUT2D eigenvalue weighted by atomic mass is 35.5. The summed E-state index contributed by atoms with van der Waals surface area (Å²) >= 11 is 2.03. The molecule has 0 aliphatic carbocycles. The average Bonchev–Trinajstić information content (AvgIpc) is 2.50. The number of aryl methyl sites for hydroxylation is 1. The van der Waals surface area contributed by atoms with Crippen LogP contribution in [0.2, 0.25) is 0 Å². The molecule has 0 aromatic heterocycles. The van der Waals surface area contributed by atoms with Crippen molar-refractivity contribution in [1.29, 1.82) is 0 Å². The lowest BCUT2D eigenvalue weighted by Crippen LogP contribution is -2.48. The Balaban J connectivity index is 0.00000156. The van der Waals surface area contributed by atoms with E-state index in [1.165, 1.54) is 17.1 Å². The molecule has 2 fully saturated rings. The third-order valence-corrected chi connectivity index (χ3v) is 5.95. The van der Waals surface area contributed by atoms with Gasteiger partial charge in [-0.15, -0.1) is 24.8 Å². The zero-order valence-electron chi connectivity index (χ0n) is 14.9. The van der Waals surface area contributed by atoms with E-state index in [9.17, 15) is 4.79 Å². The SMILES string of the molecule is Cc1ccc(CN2CCSCC2)cc1NC(=O)C(C)C1CNC1.Cl.Cl. The molecule has 7 heteroatoms. The summed E-state index contributed by atoms with van der Waals surface area (Å²) < 4.78 is 0. The van der Waals surface area contributed by atoms with Crippen LogP contribution in [0.15, 0.2) is 18.2 Å². The number of nitrogens with zero attached hydrogens (tertiary/aromatic N) is 1. The van der Waals surface area contributed by atoms with E-state index in [0.717, 1.165) is 44.0 Å². The quantitative estimate of drug-likeness (QED) is 0.789. The van der Waals surface area contributed by atoms with Gasteiger partial charge in [0.25, 0.3) is 0 Å². The van der Waals surface area contributed by atoms with Crippen molar-refractivity contribution in [3.8, 4) is 0 Å². The van der Waals surface area contributed by atoms with Crippen LogP contribution in [-0.2, 0) is 11.3 Å². The lowest BCUT2D eigenvalue weighted by molar-refractivity contribution is -0.121. The van der Waals surface area contributed by atoms with E-state index in [1.54, 1.807) is 0 Å². The summed E-state index contributed by atoms with van der Waals surface area (Å²) in [6, 6.07) is 6.46. The van der Waals surface area contributed by atoms with Crippen LogP contribution in [0.1, 0.15) is 18.1 Å². The molecule has 0 radical (unpaired) electrons. The molecule has 25 heavy (non-hydrogen) atoms. The Labute approximate surface area is 167 Å². The average molecular weight is 406 g/mol. The Morgan fingerprint density at radius 2 is 2.00 bits per heavy atom. The van der Waals surface area contributed by atoms with Crippen LogP contribution in [-0.4, -0.2) is 48.5 Å². The fourth-order valence-corrected chi connectivity index (χ4v) is 4.02. The number of thioether (sulfide) groups is 1. The second kappa shape index (κ2) is 10.6. The van der Waals surface area contributed by atoms with Crippen molar-refractivity contribution in [2.24, 2.45) is 11.8 Å². The summed E-state index contributed by atoms with van der Waals surface area (Å²) in [5.74, 6) is 3.14. The van der Waals surface area contributed by atoms with Gasteiger partial charge in [0.15, 0.2) is 0 Å². The zero-order chi connectivity index (χ0) is 16.2. The van der Waals surface area contributed by atoms with Gasteiger partial charge in [0.2, 0.25) is 5.91 Å². The maximum atomic E-state index is 12.4. The van der Waals surface area contributed by atoms with Crippen molar-refractivity contribution in [3.05, 3.63) is 29.3 Å². The smallest absolute Gasteiger partial charge is 0.227 e. The molecular weight excluding hydrogens is 377 g/mol. The van der Waals surface area contributed by atoms with Crippen LogP contribution in [0, 0.1) is 18.8 Å². The molecule has 2 saturated heterocycles. The predicted molar refractivity (Wildman–Crippen MR) is 112 cm³/mol. The van der Waals surface area contributed by atoms with Gasteiger partial charge in [0.05, 0.1) is 0 Å². The third kappa shape index (κ3) is 6.04. The standard InChI is InChI=1S/C18H27N3OS.2ClH/c1-13-3-4-15(12-21-5-7-23-8-6-21)9-17(13)20-18(22)14(2)16-10-19-11-16;;/h3-4,9,14,16,19H,5-8,10-12H2,1-2H3,(H,20,22);2*1H. The Morgan fingerprint density at radius 3 is 2.60 bits per heavy atom. The summed E-state index contributed by atoms with van der Waals surface area (Å²) in [7, 11) is 0. The molecule has 4 nitrogen and oxygen atoms in total. The van der Waals surface area contributed by atoms with Gasteiger partial charge in [0.1, 0.15) is 0 Å². The molecule has 1 unspecified atom stereocenters. The molecule has 0 bridgehead atoms. The van der Waals surface area contributed by atoms with Gasteiger partial charge in [0, 0.05) is 42.7 Å². The van der Waals surface area contributed by atoms with E-state index < -0.39 is 0 Å². The number of halogens is 2. The molecule has 2 heterocycles. The van der Waals surface area contributed by atoms with Crippen molar-refractivity contribution >= 4 is 48.2 Å². The molecule has 1 aromatic carbocycles. The van der Waals surface area contributed by atoms with Crippen molar-refractivity contribution in [1.82, 2.24) is 10.2 Å². The van der Waals surface area contributed by atoms with E-state index in [4.69, 9.17) is 0 Å². The lowest BCUT2D eigenvalue weighted by Gasteiger charge is -2.32. The van der Waals surface area contributed by atoms with Gasteiger partial charge in [-0.2, -0.15) is 11.8 Å².